The molecule has 2 fully saturated rings. The Bertz CT molecular complexity index is 977. The smallest absolute Gasteiger partial charge is 0.414 e. The van der Waals surface area contributed by atoms with Gasteiger partial charge in [-0.25, -0.2) is 9.18 Å². The molecule has 2 heterocycles. The molecule has 0 spiro atoms. The van der Waals surface area contributed by atoms with E-state index in [0.29, 0.717) is 33.3 Å². The lowest BCUT2D eigenvalue weighted by molar-refractivity contribution is -0.117. The van der Waals surface area contributed by atoms with Crippen LogP contribution < -0.4 is 20.4 Å². The Kier molecular flexibility index (Phi) is 6.54. The maximum atomic E-state index is 14.7. The van der Waals surface area contributed by atoms with Gasteiger partial charge >= 0.3 is 6.09 Å². The Morgan fingerprint density at radius 1 is 1.35 bits per heavy atom. The summed E-state index contributed by atoms with van der Waals surface area (Å²) in [6.07, 6.45) is 2.57. The first-order valence-corrected chi connectivity index (χ1v) is 10.8. The molecule has 4 rings (SSSR count). The van der Waals surface area contributed by atoms with E-state index in [1.807, 2.05) is 4.90 Å². The van der Waals surface area contributed by atoms with Crippen molar-refractivity contribution < 1.29 is 18.7 Å². The molecule has 0 radical (unpaired) electrons. The number of nitrogens with zero attached hydrogens (tertiary/aromatic N) is 2. The second-order valence-corrected chi connectivity index (χ2v) is 8.40. The molecule has 1 atom stereocenters. The monoisotopic (exact) mass is 464 g/mol. The highest BCUT2D eigenvalue weighted by molar-refractivity contribution is 7.81. The summed E-state index contributed by atoms with van der Waals surface area (Å²) >= 11 is 11.2. The number of amides is 2. The summed E-state index contributed by atoms with van der Waals surface area (Å²) in [5, 5.41) is 6.42. The van der Waals surface area contributed by atoms with Gasteiger partial charge in [0.1, 0.15) is 11.9 Å². The van der Waals surface area contributed by atoms with E-state index < -0.39 is 12.2 Å². The first-order valence-electron chi connectivity index (χ1n) is 10.0. The molecule has 10 heteroatoms. The Hall–Kier alpha value is -2.49. The quantitative estimate of drug-likeness (QED) is 0.652. The molecule has 2 N–H and O–H groups in total. The molecular formula is C21H22ClFN4O3S. The zero-order valence-corrected chi connectivity index (χ0v) is 18.3. The van der Waals surface area contributed by atoms with Gasteiger partial charge in [-0.15, -0.1) is 0 Å². The summed E-state index contributed by atoms with van der Waals surface area (Å²) < 4.78 is 20.1. The van der Waals surface area contributed by atoms with Gasteiger partial charge in [-0.3, -0.25) is 9.69 Å². The number of anilines is 2. The van der Waals surface area contributed by atoms with Crippen LogP contribution in [0.3, 0.4) is 0 Å². The number of benzene rings is 1. The van der Waals surface area contributed by atoms with Gasteiger partial charge in [0.25, 0.3) is 5.91 Å². The number of ether oxygens (including phenoxy) is 1. The largest absolute Gasteiger partial charge is 0.442 e. The fraction of sp³-hybridized carbons (Fsp3) is 0.381. The fourth-order valence-corrected chi connectivity index (χ4v) is 4.16. The SMILES string of the molecule is O=C(NC[C@H]1CN(c2ccc(N3CCNCC3)c(F)c2)C(=O)O1)C1=CC(Cl)=CCC1=S. The number of piperazine rings is 1. The number of carbonyl (C=O) groups excluding carboxylic acids is 2. The first kappa shape index (κ1) is 21.7. The zero-order valence-electron chi connectivity index (χ0n) is 16.7. The van der Waals surface area contributed by atoms with Crippen molar-refractivity contribution in [3.8, 4) is 0 Å². The van der Waals surface area contributed by atoms with Gasteiger partial charge in [0, 0.05) is 42.5 Å². The summed E-state index contributed by atoms with van der Waals surface area (Å²) in [6, 6.07) is 4.74. The van der Waals surface area contributed by atoms with Crippen molar-refractivity contribution >= 4 is 52.1 Å². The van der Waals surface area contributed by atoms with Gasteiger partial charge in [-0.1, -0.05) is 29.9 Å². The van der Waals surface area contributed by atoms with Gasteiger partial charge < -0.3 is 20.3 Å². The molecule has 0 bridgehead atoms. The summed E-state index contributed by atoms with van der Waals surface area (Å²) in [7, 11) is 0. The third-order valence-electron chi connectivity index (χ3n) is 5.37. The number of nitrogens with one attached hydrogen (secondary N) is 2. The van der Waals surface area contributed by atoms with E-state index in [1.165, 1.54) is 17.0 Å². The number of hydrogen-bond acceptors (Lipinski definition) is 6. The first-order chi connectivity index (χ1) is 14.9. The predicted octanol–water partition coefficient (Wildman–Crippen LogP) is 2.50. The lowest BCUT2D eigenvalue weighted by Crippen LogP contribution is -2.43. The van der Waals surface area contributed by atoms with Gasteiger partial charge in [0.2, 0.25) is 0 Å². The summed E-state index contributed by atoms with van der Waals surface area (Å²) in [5.74, 6) is -0.746. The maximum absolute atomic E-state index is 14.7. The van der Waals surface area contributed by atoms with Crippen molar-refractivity contribution in [1.82, 2.24) is 10.6 Å². The number of allylic oxidation sites excluding steroid dienone is 3. The number of cyclic esters (lactones) is 1. The van der Waals surface area contributed by atoms with Crippen LogP contribution in [0, 0.1) is 5.82 Å². The molecule has 2 amide bonds. The molecule has 164 valence electrons. The third-order valence-corrected chi connectivity index (χ3v) is 6.02. The van der Waals surface area contributed by atoms with Crippen LogP contribution in [0.15, 0.2) is 41.0 Å². The number of thiocarbonyl (C=S) groups is 1. The molecule has 2 saturated heterocycles. The standard InChI is InChI=1S/C21H22ClFN4O3S/c22-13-1-4-19(31)16(9-13)20(28)25-11-15-12-27(21(29)30-15)14-2-3-18(17(23)10-14)26-7-5-24-6-8-26/h1-3,9-10,15,24H,4-8,11-12H2,(H,25,28)/t15-/m0/s1. The third kappa shape index (κ3) is 4.89. The molecule has 31 heavy (non-hydrogen) atoms. The van der Waals surface area contributed by atoms with Gasteiger partial charge in [0.05, 0.1) is 30.0 Å². The molecule has 0 aromatic heterocycles. The van der Waals surface area contributed by atoms with Crippen molar-refractivity contribution in [2.24, 2.45) is 0 Å². The Morgan fingerprint density at radius 2 is 2.13 bits per heavy atom. The van der Waals surface area contributed by atoms with Crippen molar-refractivity contribution in [3.05, 3.63) is 46.8 Å². The van der Waals surface area contributed by atoms with E-state index in [-0.39, 0.29) is 24.8 Å². The molecule has 1 aromatic carbocycles. The predicted molar refractivity (Wildman–Crippen MR) is 121 cm³/mol. The molecule has 2 aliphatic heterocycles. The van der Waals surface area contributed by atoms with Crippen LogP contribution >= 0.6 is 23.8 Å². The fourth-order valence-electron chi connectivity index (χ4n) is 3.74. The van der Waals surface area contributed by atoms with Crippen LogP contribution in [0.2, 0.25) is 0 Å². The van der Waals surface area contributed by atoms with E-state index in [2.05, 4.69) is 10.6 Å². The average Bonchev–Trinajstić information content (AvgIpc) is 3.14. The molecule has 1 aromatic rings. The van der Waals surface area contributed by atoms with Crippen LogP contribution in [0.4, 0.5) is 20.6 Å². The minimum Gasteiger partial charge on any atom is -0.442 e. The van der Waals surface area contributed by atoms with Crippen molar-refractivity contribution in [2.75, 3.05) is 49.1 Å². The molecule has 1 aliphatic carbocycles. The Morgan fingerprint density at radius 3 is 2.87 bits per heavy atom. The summed E-state index contributed by atoms with van der Waals surface area (Å²) in [6.45, 7) is 3.38. The topological polar surface area (TPSA) is 73.9 Å². The minimum absolute atomic E-state index is 0.115. The average molecular weight is 465 g/mol. The minimum atomic E-state index is -0.577. The highest BCUT2D eigenvalue weighted by atomic mass is 35.5. The van der Waals surface area contributed by atoms with Crippen molar-refractivity contribution in [3.63, 3.8) is 0 Å². The van der Waals surface area contributed by atoms with Gasteiger partial charge in [0.15, 0.2) is 0 Å². The van der Waals surface area contributed by atoms with Gasteiger partial charge in [-0.05, 0) is 24.3 Å². The zero-order chi connectivity index (χ0) is 22.0. The Labute approximate surface area is 189 Å². The van der Waals surface area contributed by atoms with E-state index >= 15 is 0 Å². The number of halogens is 2. The van der Waals surface area contributed by atoms with E-state index in [9.17, 15) is 14.0 Å². The van der Waals surface area contributed by atoms with E-state index in [0.717, 1.165) is 26.2 Å². The normalized spacial score (nSPS) is 21.5. The highest BCUT2D eigenvalue weighted by Crippen LogP contribution is 2.28. The van der Waals surface area contributed by atoms with Crippen LogP contribution in [-0.2, 0) is 9.53 Å². The number of hydrogen-bond donors (Lipinski definition) is 2. The second-order valence-electron chi connectivity index (χ2n) is 7.47. The highest BCUT2D eigenvalue weighted by Gasteiger charge is 2.33. The van der Waals surface area contributed by atoms with Crippen LogP contribution in [0.25, 0.3) is 0 Å². The van der Waals surface area contributed by atoms with Crippen molar-refractivity contribution in [1.29, 1.82) is 0 Å². The maximum Gasteiger partial charge on any atom is 0.414 e. The summed E-state index contributed by atoms with van der Waals surface area (Å²) in [5.41, 5.74) is 1.28. The van der Waals surface area contributed by atoms with Crippen LogP contribution in [0.1, 0.15) is 6.42 Å². The summed E-state index contributed by atoms with van der Waals surface area (Å²) in [4.78, 5) is 28.6. The Balaban J connectivity index is 1.37. The van der Waals surface area contributed by atoms with Gasteiger partial charge in [-0.2, -0.15) is 0 Å². The van der Waals surface area contributed by atoms with E-state index in [4.69, 9.17) is 28.6 Å². The number of rotatable bonds is 5. The van der Waals surface area contributed by atoms with Crippen LogP contribution in [0.5, 0.6) is 0 Å². The molecule has 0 unspecified atom stereocenters. The molecular weight excluding hydrogens is 443 g/mol. The molecule has 3 aliphatic rings. The molecule has 7 nitrogen and oxygen atoms in total. The van der Waals surface area contributed by atoms with Crippen LogP contribution in [-0.4, -0.2) is 62.2 Å². The second kappa shape index (κ2) is 9.33. The lowest BCUT2D eigenvalue weighted by Gasteiger charge is -2.30. The van der Waals surface area contributed by atoms with E-state index in [1.54, 1.807) is 18.2 Å². The lowest BCUT2D eigenvalue weighted by atomic mass is 10.0. The van der Waals surface area contributed by atoms with Crippen molar-refractivity contribution in [2.45, 2.75) is 12.5 Å². The molecule has 0 saturated carbocycles. The number of carbonyl (C=O) groups is 2.